The van der Waals surface area contributed by atoms with Crippen molar-refractivity contribution >= 4 is 5.91 Å². The van der Waals surface area contributed by atoms with Crippen molar-refractivity contribution in [3.05, 3.63) is 57.9 Å². The van der Waals surface area contributed by atoms with Crippen LogP contribution in [0.5, 0.6) is 0 Å². The molecule has 1 aromatic heterocycles. The Bertz CT molecular complexity index is 765. The maximum Gasteiger partial charge on any atom is 0.270 e. The molecule has 0 aliphatic heterocycles. The number of carbonyl (C=O) groups excluding carboxylic acids is 1. The molecule has 0 N–H and O–H groups in total. The number of carbonyl (C=O) groups is 1. The average molecular weight is 334 g/mol. The predicted molar refractivity (Wildman–Crippen MR) is 91.4 cm³/mol. The van der Waals surface area contributed by atoms with Crippen LogP contribution in [0.15, 0.2) is 18.2 Å². The second kappa shape index (κ2) is 7.16. The lowest BCUT2D eigenvalue weighted by molar-refractivity contribution is 0.0784. The van der Waals surface area contributed by atoms with Gasteiger partial charge in [-0.2, -0.15) is 0 Å². The fourth-order valence-corrected chi connectivity index (χ4v) is 2.93. The molecule has 0 aliphatic carbocycles. The van der Waals surface area contributed by atoms with Crippen molar-refractivity contribution in [3.8, 4) is 0 Å². The van der Waals surface area contributed by atoms with Gasteiger partial charge in [-0.05, 0) is 56.0 Å². The topological polar surface area (TPSA) is 25.2 Å². The highest BCUT2D eigenvalue weighted by molar-refractivity contribution is 5.94. The second-order valence-corrected chi connectivity index (χ2v) is 6.25. The lowest BCUT2D eigenvalue weighted by Gasteiger charge is -2.19. The number of hydrogen-bond acceptors (Lipinski definition) is 1. The minimum absolute atomic E-state index is 0.0480. The molecule has 0 aliphatic rings. The van der Waals surface area contributed by atoms with E-state index in [-0.39, 0.29) is 5.91 Å². The summed E-state index contributed by atoms with van der Waals surface area (Å²) in [5.74, 6) is -1.79. The Morgan fingerprint density at radius 2 is 1.79 bits per heavy atom. The summed E-state index contributed by atoms with van der Waals surface area (Å²) in [7, 11) is 1.78. The van der Waals surface area contributed by atoms with Gasteiger partial charge in [0.25, 0.3) is 5.91 Å². The van der Waals surface area contributed by atoms with Gasteiger partial charge in [-0.3, -0.25) is 4.79 Å². The highest BCUT2D eigenvalue weighted by Gasteiger charge is 2.23. The molecule has 1 aromatic carbocycles. The van der Waals surface area contributed by atoms with Crippen LogP contribution in [0.3, 0.4) is 0 Å². The van der Waals surface area contributed by atoms with Crippen LogP contribution in [-0.2, 0) is 6.54 Å². The molecule has 2 rings (SSSR count). The van der Waals surface area contributed by atoms with E-state index in [9.17, 15) is 13.6 Å². The normalized spacial score (nSPS) is 11.0. The van der Waals surface area contributed by atoms with Crippen molar-refractivity contribution in [3.63, 3.8) is 0 Å². The number of aromatic nitrogens is 1. The van der Waals surface area contributed by atoms with Gasteiger partial charge in [-0.15, -0.1) is 0 Å². The van der Waals surface area contributed by atoms with E-state index < -0.39 is 11.6 Å². The molecule has 0 fully saturated rings. The molecule has 0 atom stereocenters. The third kappa shape index (κ3) is 3.35. The van der Waals surface area contributed by atoms with Crippen molar-refractivity contribution in [1.82, 2.24) is 9.47 Å². The maximum absolute atomic E-state index is 13.5. The molecule has 130 valence electrons. The molecule has 1 amide bonds. The Labute approximate surface area is 141 Å². The summed E-state index contributed by atoms with van der Waals surface area (Å²) in [6, 6.07) is 3.85. The van der Waals surface area contributed by atoms with Gasteiger partial charge in [-0.1, -0.05) is 13.0 Å². The summed E-state index contributed by atoms with van der Waals surface area (Å²) in [4.78, 5) is 14.5. The molecule has 0 saturated heterocycles. The van der Waals surface area contributed by atoms with Crippen LogP contribution in [0, 0.1) is 32.4 Å². The molecule has 0 unspecified atom stereocenters. The first kappa shape index (κ1) is 18.2. The minimum atomic E-state index is -0.873. The summed E-state index contributed by atoms with van der Waals surface area (Å²) in [5, 5.41) is 0. The smallest absolute Gasteiger partial charge is 0.270 e. The molecule has 0 radical (unpaired) electrons. The van der Waals surface area contributed by atoms with Crippen LogP contribution in [0.2, 0.25) is 0 Å². The van der Waals surface area contributed by atoms with E-state index in [1.165, 1.54) is 6.07 Å². The molecular formula is C19H24F2N2O. The maximum atomic E-state index is 13.5. The van der Waals surface area contributed by atoms with Crippen LogP contribution in [0.25, 0.3) is 0 Å². The third-order valence-corrected chi connectivity index (χ3v) is 4.57. The number of rotatable bonds is 5. The molecule has 3 nitrogen and oxygen atoms in total. The van der Waals surface area contributed by atoms with Crippen LogP contribution >= 0.6 is 0 Å². The van der Waals surface area contributed by atoms with Gasteiger partial charge < -0.3 is 9.47 Å². The van der Waals surface area contributed by atoms with Gasteiger partial charge in [0.05, 0.1) is 0 Å². The van der Waals surface area contributed by atoms with Gasteiger partial charge >= 0.3 is 0 Å². The first-order chi connectivity index (χ1) is 11.3. The van der Waals surface area contributed by atoms with Crippen LogP contribution in [0.1, 0.15) is 46.2 Å². The Balaban J connectivity index is 2.47. The Morgan fingerprint density at radius 3 is 2.38 bits per heavy atom. The molecule has 0 spiro atoms. The minimum Gasteiger partial charge on any atom is -0.340 e. The van der Waals surface area contributed by atoms with Crippen molar-refractivity contribution in [2.45, 2.75) is 40.7 Å². The van der Waals surface area contributed by atoms with Crippen LogP contribution in [-0.4, -0.2) is 29.0 Å². The number of benzene rings is 1. The first-order valence-electron chi connectivity index (χ1n) is 8.13. The molecule has 2 aromatic rings. The molecule has 1 heterocycles. The highest BCUT2D eigenvalue weighted by atomic mass is 19.2. The van der Waals surface area contributed by atoms with Gasteiger partial charge in [-0.25, -0.2) is 8.78 Å². The van der Waals surface area contributed by atoms with Gasteiger partial charge in [0, 0.05) is 25.8 Å². The van der Waals surface area contributed by atoms with Crippen molar-refractivity contribution in [1.29, 1.82) is 0 Å². The summed E-state index contributed by atoms with van der Waals surface area (Å²) in [6.07, 6.45) is 0.878. The largest absolute Gasteiger partial charge is 0.340 e. The standard InChI is InChI=1S/C19H24F2N2O/c1-6-9-22(5)19(24)18-13(3)12(2)14(4)23(18)11-15-7-8-16(20)17(21)10-15/h7-8,10H,6,9,11H2,1-5H3. The van der Waals surface area contributed by atoms with E-state index in [1.807, 2.05) is 32.3 Å². The fraction of sp³-hybridized carbons (Fsp3) is 0.421. The molecule has 0 bridgehead atoms. The van der Waals surface area contributed by atoms with E-state index in [2.05, 4.69) is 0 Å². The molecule has 0 saturated carbocycles. The Hall–Kier alpha value is -2.17. The SMILES string of the molecule is CCCN(C)C(=O)c1c(C)c(C)c(C)n1Cc1ccc(F)c(F)c1. The van der Waals surface area contributed by atoms with Crippen LogP contribution < -0.4 is 0 Å². The summed E-state index contributed by atoms with van der Waals surface area (Å²) in [6.45, 7) is 8.87. The van der Waals surface area contributed by atoms with Crippen molar-refractivity contribution in [2.24, 2.45) is 0 Å². The summed E-state index contributed by atoms with van der Waals surface area (Å²) in [5.41, 5.74) is 4.18. The van der Waals surface area contributed by atoms with E-state index >= 15 is 0 Å². The summed E-state index contributed by atoms with van der Waals surface area (Å²) < 4.78 is 28.5. The number of halogens is 2. The first-order valence-corrected chi connectivity index (χ1v) is 8.13. The quantitative estimate of drug-likeness (QED) is 0.803. The Morgan fingerprint density at radius 1 is 1.12 bits per heavy atom. The van der Waals surface area contributed by atoms with E-state index in [0.29, 0.717) is 24.3 Å². The molecular weight excluding hydrogens is 310 g/mol. The van der Waals surface area contributed by atoms with Crippen LogP contribution in [0.4, 0.5) is 8.78 Å². The average Bonchev–Trinajstić information content (AvgIpc) is 2.75. The zero-order valence-electron chi connectivity index (χ0n) is 14.9. The number of nitrogens with zero attached hydrogens (tertiary/aromatic N) is 2. The number of hydrogen-bond donors (Lipinski definition) is 0. The fourth-order valence-electron chi connectivity index (χ4n) is 2.93. The zero-order valence-corrected chi connectivity index (χ0v) is 14.9. The Kier molecular flexibility index (Phi) is 5.42. The van der Waals surface area contributed by atoms with Crippen molar-refractivity contribution in [2.75, 3.05) is 13.6 Å². The monoisotopic (exact) mass is 334 g/mol. The molecule has 5 heteroatoms. The van der Waals surface area contributed by atoms with Crippen molar-refractivity contribution < 1.29 is 13.6 Å². The second-order valence-electron chi connectivity index (χ2n) is 6.25. The van der Waals surface area contributed by atoms with E-state index in [0.717, 1.165) is 29.3 Å². The van der Waals surface area contributed by atoms with Gasteiger partial charge in [0.1, 0.15) is 5.69 Å². The highest BCUT2D eigenvalue weighted by Crippen LogP contribution is 2.24. The predicted octanol–water partition coefficient (Wildman–Crippen LogP) is 4.22. The third-order valence-electron chi connectivity index (χ3n) is 4.57. The zero-order chi connectivity index (χ0) is 18.0. The summed E-state index contributed by atoms with van der Waals surface area (Å²) >= 11 is 0. The van der Waals surface area contributed by atoms with E-state index in [1.54, 1.807) is 18.0 Å². The van der Waals surface area contributed by atoms with Gasteiger partial charge in [0.15, 0.2) is 11.6 Å². The number of amides is 1. The lowest BCUT2D eigenvalue weighted by atomic mass is 10.1. The van der Waals surface area contributed by atoms with Gasteiger partial charge in [0.2, 0.25) is 0 Å². The van der Waals surface area contributed by atoms with E-state index in [4.69, 9.17) is 0 Å². The molecule has 24 heavy (non-hydrogen) atoms. The lowest BCUT2D eigenvalue weighted by Crippen LogP contribution is -2.30.